The van der Waals surface area contributed by atoms with E-state index >= 15 is 0 Å². The molecule has 0 aromatic rings. The van der Waals surface area contributed by atoms with E-state index in [1.807, 2.05) is 0 Å². The molecule has 10 atom stereocenters. The van der Waals surface area contributed by atoms with Crippen LogP contribution in [0.15, 0.2) is 12.2 Å². The summed E-state index contributed by atoms with van der Waals surface area (Å²) < 4.78 is 10.0. The third kappa shape index (κ3) is 0.895. The number of hydrogen-bond acceptors (Lipinski definition) is 4. The van der Waals surface area contributed by atoms with Gasteiger partial charge in [-0.1, -0.05) is 12.2 Å². The van der Waals surface area contributed by atoms with Crippen LogP contribution >= 0.6 is 0 Å². The average molecular weight is 274 g/mol. The fraction of sp³-hybridized carbons (Fsp3) is 0.750. The lowest BCUT2D eigenvalue weighted by atomic mass is 9.65. The topological polar surface area (TPSA) is 52.6 Å². The number of hydrogen-bond donors (Lipinski definition) is 0. The summed E-state index contributed by atoms with van der Waals surface area (Å²) in [6, 6.07) is 0. The normalized spacial score (nSPS) is 58.7. The van der Waals surface area contributed by atoms with Gasteiger partial charge in [0.05, 0.1) is 26.1 Å². The lowest BCUT2D eigenvalue weighted by Gasteiger charge is -2.39. The molecular formula is C16H18O4. The molecule has 0 heterocycles. The van der Waals surface area contributed by atoms with Crippen molar-refractivity contribution in [3.05, 3.63) is 12.2 Å². The maximum absolute atomic E-state index is 12.2. The molecule has 6 aliphatic carbocycles. The van der Waals surface area contributed by atoms with Crippen LogP contribution in [0.4, 0.5) is 0 Å². The third-order valence-corrected chi connectivity index (χ3v) is 7.16. The fourth-order valence-corrected chi connectivity index (χ4v) is 7.19. The minimum atomic E-state index is -0.261. The van der Waals surface area contributed by atoms with Crippen LogP contribution in [0.2, 0.25) is 0 Å². The van der Waals surface area contributed by atoms with Gasteiger partial charge in [-0.05, 0) is 47.3 Å². The first-order chi connectivity index (χ1) is 9.70. The van der Waals surface area contributed by atoms with E-state index in [0.29, 0.717) is 47.3 Å². The molecule has 0 N–H and O–H groups in total. The van der Waals surface area contributed by atoms with E-state index in [0.717, 1.165) is 0 Å². The molecule has 4 heteroatoms. The zero-order chi connectivity index (χ0) is 13.8. The largest absolute Gasteiger partial charge is 0.469 e. The Morgan fingerprint density at radius 2 is 1.15 bits per heavy atom. The SMILES string of the molecule is COC(=O)[C@@H]1[C@@H](C(=O)OC)[C@@H]2C3C4[C@@H]5C=C[C@@H]4[C@@H]([C@H]31)[C@@H]25. The molecule has 0 radical (unpaired) electrons. The molecule has 20 heavy (non-hydrogen) atoms. The highest BCUT2D eigenvalue weighted by molar-refractivity contribution is 5.84. The Morgan fingerprint density at radius 1 is 0.700 bits per heavy atom. The molecule has 5 saturated carbocycles. The second-order valence-corrected chi connectivity index (χ2v) is 7.10. The molecule has 2 unspecified atom stereocenters. The van der Waals surface area contributed by atoms with Gasteiger partial charge in [0.15, 0.2) is 0 Å². The maximum Gasteiger partial charge on any atom is 0.309 e. The van der Waals surface area contributed by atoms with Crippen molar-refractivity contribution >= 4 is 11.9 Å². The summed E-state index contributed by atoms with van der Waals surface area (Å²) in [5.74, 6) is 3.61. The van der Waals surface area contributed by atoms with Gasteiger partial charge in [-0.15, -0.1) is 0 Å². The van der Waals surface area contributed by atoms with Gasteiger partial charge in [0.2, 0.25) is 0 Å². The maximum atomic E-state index is 12.2. The zero-order valence-corrected chi connectivity index (χ0v) is 11.6. The van der Waals surface area contributed by atoms with Crippen molar-refractivity contribution < 1.29 is 19.1 Å². The highest BCUT2D eigenvalue weighted by Gasteiger charge is 2.82. The van der Waals surface area contributed by atoms with E-state index < -0.39 is 0 Å². The van der Waals surface area contributed by atoms with Crippen molar-refractivity contribution in [2.24, 2.45) is 59.2 Å². The van der Waals surface area contributed by atoms with E-state index in [1.54, 1.807) is 0 Å². The van der Waals surface area contributed by atoms with Gasteiger partial charge in [-0.3, -0.25) is 9.59 Å². The molecular weight excluding hydrogens is 256 g/mol. The Morgan fingerprint density at radius 3 is 1.55 bits per heavy atom. The molecule has 5 fully saturated rings. The van der Waals surface area contributed by atoms with Crippen molar-refractivity contribution in [2.75, 3.05) is 14.2 Å². The Labute approximate surface area is 117 Å². The predicted octanol–water partition coefficient (Wildman–Crippen LogP) is 1.12. The summed E-state index contributed by atoms with van der Waals surface area (Å²) in [7, 11) is 2.86. The van der Waals surface area contributed by atoms with Gasteiger partial charge < -0.3 is 9.47 Å². The van der Waals surface area contributed by atoms with Crippen LogP contribution in [0.1, 0.15) is 0 Å². The Kier molecular flexibility index (Phi) is 1.87. The van der Waals surface area contributed by atoms with E-state index in [9.17, 15) is 9.59 Å². The number of allylic oxidation sites excluding steroid dienone is 2. The van der Waals surface area contributed by atoms with E-state index in [-0.39, 0.29) is 23.8 Å². The lowest BCUT2D eigenvalue weighted by Crippen LogP contribution is -2.44. The number of rotatable bonds is 2. The fourth-order valence-electron chi connectivity index (χ4n) is 7.19. The van der Waals surface area contributed by atoms with Gasteiger partial charge in [0.1, 0.15) is 0 Å². The van der Waals surface area contributed by atoms with E-state index in [1.165, 1.54) is 14.2 Å². The number of carbonyl (C=O) groups excluding carboxylic acids is 2. The molecule has 106 valence electrons. The summed E-state index contributed by atoms with van der Waals surface area (Å²) in [6.07, 6.45) is 4.74. The summed E-state index contributed by atoms with van der Waals surface area (Å²) in [6.45, 7) is 0. The van der Waals surface area contributed by atoms with Crippen molar-refractivity contribution in [2.45, 2.75) is 0 Å². The molecule has 6 rings (SSSR count). The van der Waals surface area contributed by atoms with Crippen molar-refractivity contribution in [3.63, 3.8) is 0 Å². The molecule has 0 amide bonds. The highest BCUT2D eigenvalue weighted by Crippen LogP contribution is 2.83. The van der Waals surface area contributed by atoms with E-state index in [4.69, 9.17) is 9.47 Å². The Hall–Kier alpha value is -1.32. The predicted molar refractivity (Wildman–Crippen MR) is 68.1 cm³/mol. The summed E-state index contributed by atoms with van der Waals surface area (Å²) in [4.78, 5) is 24.5. The van der Waals surface area contributed by atoms with Gasteiger partial charge in [0.25, 0.3) is 0 Å². The summed E-state index contributed by atoms with van der Waals surface area (Å²) >= 11 is 0. The van der Waals surface area contributed by atoms with Crippen LogP contribution in [0, 0.1) is 59.2 Å². The number of ether oxygens (including phenoxy) is 2. The van der Waals surface area contributed by atoms with Gasteiger partial charge >= 0.3 is 11.9 Å². The molecule has 0 aliphatic heterocycles. The van der Waals surface area contributed by atoms with Crippen LogP contribution in [0.5, 0.6) is 0 Å². The molecule has 8 bridgehead atoms. The zero-order valence-electron chi connectivity index (χ0n) is 11.6. The molecule has 4 nitrogen and oxygen atoms in total. The number of carbonyl (C=O) groups is 2. The monoisotopic (exact) mass is 274 g/mol. The van der Waals surface area contributed by atoms with Crippen molar-refractivity contribution in [1.29, 1.82) is 0 Å². The molecule has 0 spiro atoms. The second kappa shape index (κ2) is 3.29. The van der Waals surface area contributed by atoms with Crippen LogP contribution < -0.4 is 0 Å². The standard InChI is InChI=1S/C16H18O4/c1-19-15(17)13-11-8-5-3-4-6-7(5)10(11)12(9(6)8)14(13)16(18)20-2/h3-14H,1-2H3/t5-,6-,7?,8-,9+,10?,11-,12+,13-,14-/m0/s1. The average Bonchev–Trinajstić information content (AvgIpc) is 3.23. The number of methoxy groups -OCH3 is 2. The minimum Gasteiger partial charge on any atom is -0.469 e. The number of esters is 2. The quantitative estimate of drug-likeness (QED) is 0.559. The Bertz CT molecular complexity index is 507. The molecule has 0 aromatic heterocycles. The first-order valence-corrected chi connectivity index (χ1v) is 7.54. The second-order valence-electron chi connectivity index (χ2n) is 7.10. The van der Waals surface area contributed by atoms with Crippen LogP contribution in [0.25, 0.3) is 0 Å². The van der Waals surface area contributed by atoms with Crippen LogP contribution in [-0.2, 0) is 19.1 Å². The molecule has 0 saturated heterocycles. The van der Waals surface area contributed by atoms with Crippen molar-refractivity contribution in [1.82, 2.24) is 0 Å². The van der Waals surface area contributed by atoms with Crippen molar-refractivity contribution in [3.8, 4) is 0 Å². The molecule has 6 aliphatic rings. The van der Waals surface area contributed by atoms with Crippen LogP contribution in [0.3, 0.4) is 0 Å². The third-order valence-electron chi connectivity index (χ3n) is 7.16. The summed E-state index contributed by atoms with van der Waals surface area (Å²) in [5.41, 5.74) is 0. The first-order valence-electron chi connectivity index (χ1n) is 7.54. The van der Waals surface area contributed by atoms with Gasteiger partial charge in [0, 0.05) is 0 Å². The van der Waals surface area contributed by atoms with E-state index in [2.05, 4.69) is 12.2 Å². The highest BCUT2D eigenvalue weighted by atomic mass is 16.5. The smallest absolute Gasteiger partial charge is 0.309 e. The van der Waals surface area contributed by atoms with Crippen LogP contribution in [-0.4, -0.2) is 26.2 Å². The Balaban J connectivity index is 1.61. The van der Waals surface area contributed by atoms with Gasteiger partial charge in [-0.2, -0.15) is 0 Å². The molecule has 0 aromatic carbocycles. The lowest BCUT2D eigenvalue weighted by molar-refractivity contribution is -0.163. The summed E-state index contributed by atoms with van der Waals surface area (Å²) in [5, 5.41) is 0. The first kappa shape index (κ1) is 11.4. The minimum absolute atomic E-state index is 0.205. The van der Waals surface area contributed by atoms with Gasteiger partial charge in [-0.25, -0.2) is 0 Å².